The molecule has 2 aliphatic heterocycles. The van der Waals surface area contributed by atoms with Crippen LogP contribution in [-0.2, 0) is 13.1 Å². The van der Waals surface area contributed by atoms with Gasteiger partial charge in [-0.15, -0.1) is 0 Å². The molecule has 0 spiro atoms. The monoisotopic (exact) mass is 806 g/mol. The van der Waals surface area contributed by atoms with Crippen molar-refractivity contribution in [1.82, 2.24) is 9.13 Å². The highest BCUT2D eigenvalue weighted by Gasteiger charge is 2.33. The second-order valence-corrected chi connectivity index (χ2v) is 16.0. The van der Waals surface area contributed by atoms with E-state index in [1.54, 1.807) is 24.3 Å². The number of aromatic nitrogens is 2. The van der Waals surface area contributed by atoms with Crippen LogP contribution in [0.3, 0.4) is 0 Å². The standard InChI is InChI=1S/C56H40F2N4/c1-3-59-45-29-31-47(61(37-17-9-5-10-18-37)38-19-11-6-12-20-38)49-42-28-26-36(58)34-44(42)56-54(51(45)49)53-52-46(60(56)4-2)30-32-48(50(52)41-27-25-35(57)33-43(41)55(53)59)62(39-21-13-7-14-22-39)40-23-15-8-16-24-40/h5-34H,3-4H2,1-2H3. The molecule has 0 bridgehead atoms. The van der Waals surface area contributed by atoms with Crippen molar-refractivity contribution >= 4 is 99.3 Å². The maximum atomic E-state index is 16.0. The third kappa shape index (κ3) is 5.10. The van der Waals surface area contributed by atoms with Crippen molar-refractivity contribution < 1.29 is 8.78 Å². The van der Waals surface area contributed by atoms with Crippen molar-refractivity contribution in [1.29, 1.82) is 0 Å². The Morgan fingerprint density at radius 3 is 1.03 bits per heavy atom. The number of aryl methyl sites for hydroxylation is 2. The summed E-state index contributed by atoms with van der Waals surface area (Å²) in [5.74, 6) is -0.590. The van der Waals surface area contributed by atoms with Gasteiger partial charge < -0.3 is 18.9 Å². The van der Waals surface area contributed by atoms with Crippen molar-refractivity contribution in [3.8, 4) is 11.1 Å². The van der Waals surface area contributed by atoms with Crippen molar-refractivity contribution in [3.05, 3.63) is 194 Å². The van der Waals surface area contributed by atoms with Gasteiger partial charge in [0, 0.05) is 90.3 Å². The molecule has 2 heterocycles. The average molecular weight is 807 g/mol. The molecule has 0 radical (unpaired) electrons. The lowest BCUT2D eigenvalue weighted by Gasteiger charge is -2.34. The first-order chi connectivity index (χ1) is 30.6. The summed E-state index contributed by atoms with van der Waals surface area (Å²) in [6.45, 7) is 5.63. The molecule has 10 aromatic rings. The number of hydrogen-bond donors (Lipinski definition) is 0. The quantitative estimate of drug-likeness (QED) is 0.112. The fourth-order valence-corrected chi connectivity index (χ4v) is 10.5. The minimum atomic E-state index is -0.295. The number of hydrogen-bond acceptors (Lipinski definition) is 2. The van der Waals surface area contributed by atoms with Crippen LogP contribution in [0.2, 0.25) is 0 Å². The Bertz CT molecular complexity index is 3290. The molecule has 0 aliphatic carbocycles. The summed E-state index contributed by atoms with van der Waals surface area (Å²) in [4.78, 5) is 4.63. The van der Waals surface area contributed by atoms with Gasteiger partial charge in [0.15, 0.2) is 0 Å². The lowest BCUT2D eigenvalue weighted by molar-refractivity contribution is 0.629. The molecule has 0 atom stereocenters. The van der Waals surface area contributed by atoms with E-state index in [2.05, 4.69) is 154 Å². The molecule has 0 unspecified atom stereocenters. The summed E-state index contributed by atoms with van der Waals surface area (Å²) in [5, 5.41) is 7.86. The van der Waals surface area contributed by atoms with E-state index < -0.39 is 0 Å². The van der Waals surface area contributed by atoms with Crippen LogP contribution in [0.25, 0.3) is 76.3 Å². The van der Waals surface area contributed by atoms with E-state index in [9.17, 15) is 0 Å². The molecule has 0 amide bonds. The molecule has 0 saturated heterocycles. The number of rotatable bonds is 8. The Morgan fingerprint density at radius 2 is 0.710 bits per heavy atom. The number of para-hydroxylation sites is 4. The molecule has 0 N–H and O–H groups in total. The van der Waals surface area contributed by atoms with E-state index in [4.69, 9.17) is 0 Å². The highest BCUT2D eigenvalue weighted by Crippen LogP contribution is 2.57. The maximum absolute atomic E-state index is 16.0. The van der Waals surface area contributed by atoms with E-state index in [1.807, 2.05) is 36.4 Å². The van der Waals surface area contributed by atoms with Crippen molar-refractivity contribution in [3.63, 3.8) is 0 Å². The first-order valence-electron chi connectivity index (χ1n) is 21.4. The van der Waals surface area contributed by atoms with Gasteiger partial charge in [0.25, 0.3) is 0 Å². The van der Waals surface area contributed by atoms with E-state index in [0.29, 0.717) is 13.1 Å². The van der Waals surface area contributed by atoms with Crippen LogP contribution in [0.5, 0.6) is 0 Å². The molecular formula is C56H40F2N4. The number of nitrogens with zero attached hydrogens (tertiary/aromatic N) is 4. The van der Waals surface area contributed by atoms with Crippen LogP contribution in [0.15, 0.2) is 182 Å². The molecule has 62 heavy (non-hydrogen) atoms. The van der Waals surface area contributed by atoms with E-state index in [-0.39, 0.29) is 11.6 Å². The highest BCUT2D eigenvalue weighted by atomic mass is 19.1. The zero-order chi connectivity index (χ0) is 41.6. The van der Waals surface area contributed by atoms with Crippen molar-refractivity contribution in [2.45, 2.75) is 26.9 Å². The molecule has 10 aromatic carbocycles. The zero-order valence-electron chi connectivity index (χ0n) is 34.3. The summed E-state index contributed by atoms with van der Waals surface area (Å²) < 4.78 is 36.7. The SMILES string of the molecule is CCn1c2ccc(N(c3ccccc3)c3ccccc3)c3c4ccc(F)cc4c4c(c32)-c2c3c(c(N(c5ccccc5)c5ccccc5)ccc3n4CC)c3ccc(F)cc3c21. The van der Waals surface area contributed by atoms with E-state index >= 15 is 8.78 Å². The van der Waals surface area contributed by atoms with Crippen molar-refractivity contribution in [2.75, 3.05) is 9.80 Å². The van der Waals surface area contributed by atoms with Gasteiger partial charge in [0.05, 0.1) is 22.4 Å². The van der Waals surface area contributed by atoms with Gasteiger partial charge >= 0.3 is 0 Å². The van der Waals surface area contributed by atoms with Gasteiger partial charge in [-0.25, -0.2) is 8.78 Å². The van der Waals surface area contributed by atoms with Crippen LogP contribution in [0, 0.1) is 11.6 Å². The van der Waals surface area contributed by atoms with Crippen LogP contribution in [0.4, 0.5) is 42.9 Å². The lowest BCUT2D eigenvalue weighted by Crippen LogP contribution is -2.15. The summed E-state index contributed by atoms with van der Waals surface area (Å²) in [5.41, 5.74) is 12.2. The van der Waals surface area contributed by atoms with Gasteiger partial charge in [-0.05, 0) is 122 Å². The van der Waals surface area contributed by atoms with Gasteiger partial charge in [0.2, 0.25) is 0 Å². The largest absolute Gasteiger partial charge is 0.340 e. The molecular weight excluding hydrogens is 767 g/mol. The average Bonchev–Trinajstić information content (AvgIpc) is 3.32. The number of anilines is 6. The number of fused-ring (bicyclic) bond motifs is 6. The predicted octanol–water partition coefficient (Wildman–Crippen LogP) is 16.0. The fourth-order valence-electron chi connectivity index (χ4n) is 10.5. The molecule has 2 aliphatic rings. The maximum Gasteiger partial charge on any atom is 0.123 e. The summed E-state index contributed by atoms with van der Waals surface area (Å²) >= 11 is 0. The zero-order valence-corrected chi connectivity index (χ0v) is 34.3. The minimum absolute atomic E-state index is 0.295. The highest BCUT2D eigenvalue weighted by molar-refractivity contribution is 6.40. The van der Waals surface area contributed by atoms with Gasteiger partial charge in [-0.3, -0.25) is 0 Å². The normalized spacial score (nSPS) is 12.0. The third-order valence-corrected chi connectivity index (χ3v) is 12.9. The molecule has 6 heteroatoms. The summed E-state index contributed by atoms with van der Waals surface area (Å²) in [7, 11) is 0. The molecule has 298 valence electrons. The van der Waals surface area contributed by atoms with Crippen LogP contribution >= 0.6 is 0 Å². The second kappa shape index (κ2) is 13.9. The first kappa shape index (κ1) is 36.2. The smallest absolute Gasteiger partial charge is 0.123 e. The second-order valence-electron chi connectivity index (χ2n) is 16.0. The molecule has 0 fully saturated rings. The van der Waals surface area contributed by atoms with E-state index in [0.717, 1.165) is 110 Å². The Balaban J connectivity index is 1.35. The topological polar surface area (TPSA) is 16.3 Å². The molecule has 0 aromatic heterocycles. The van der Waals surface area contributed by atoms with E-state index in [1.165, 1.54) is 0 Å². The number of pyridine rings is 2. The predicted molar refractivity (Wildman–Crippen MR) is 256 cm³/mol. The number of halogens is 2. The van der Waals surface area contributed by atoms with Gasteiger partial charge in [-0.1, -0.05) is 84.9 Å². The van der Waals surface area contributed by atoms with Crippen LogP contribution in [0.1, 0.15) is 13.8 Å². The van der Waals surface area contributed by atoms with Gasteiger partial charge in [-0.2, -0.15) is 0 Å². The summed E-state index contributed by atoms with van der Waals surface area (Å²) in [6.07, 6.45) is 0. The van der Waals surface area contributed by atoms with Crippen LogP contribution < -0.4 is 9.80 Å². The first-order valence-corrected chi connectivity index (χ1v) is 21.4. The Labute approximate surface area is 357 Å². The fraction of sp³-hybridized carbons (Fsp3) is 0.0714. The van der Waals surface area contributed by atoms with Gasteiger partial charge in [0.1, 0.15) is 11.6 Å². The Kier molecular flexibility index (Phi) is 8.13. The number of benzene rings is 10. The minimum Gasteiger partial charge on any atom is -0.340 e. The third-order valence-electron chi connectivity index (χ3n) is 12.9. The van der Waals surface area contributed by atoms with Crippen molar-refractivity contribution in [2.24, 2.45) is 0 Å². The van der Waals surface area contributed by atoms with Crippen LogP contribution in [-0.4, -0.2) is 9.13 Å². The molecule has 12 rings (SSSR count). The Hall–Kier alpha value is -7.70. The summed E-state index contributed by atoms with van der Waals surface area (Å²) in [6, 6.07) is 61.2. The lowest BCUT2D eigenvalue weighted by atomic mass is 9.81. The molecule has 4 nitrogen and oxygen atoms in total. The molecule has 0 saturated carbocycles. The Morgan fingerprint density at radius 1 is 0.371 bits per heavy atom.